The van der Waals surface area contributed by atoms with Crippen LogP contribution in [0.4, 0.5) is 4.39 Å². The number of esters is 1. The van der Waals surface area contributed by atoms with Crippen molar-refractivity contribution >= 4 is 44.4 Å². The summed E-state index contributed by atoms with van der Waals surface area (Å²) in [4.78, 5) is 12.2. The Morgan fingerprint density at radius 2 is 2.19 bits per heavy atom. The zero-order valence-electron chi connectivity index (χ0n) is 11.6. The third-order valence-electron chi connectivity index (χ3n) is 3.04. The second kappa shape index (κ2) is 6.66. The van der Waals surface area contributed by atoms with E-state index in [1.54, 1.807) is 11.5 Å². The first-order valence-electron chi connectivity index (χ1n) is 6.33. The molecule has 2 aromatic rings. The van der Waals surface area contributed by atoms with Gasteiger partial charge in [0, 0.05) is 17.3 Å². The second-order valence-corrected chi connectivity index (χ2v) is 5.43. The fourth-order valence-corrected chi connectivity index (χ4v) is 2.75. The monoisotopic (exact) mass is 377 g/mol. The van der Waals surface area contributed by atoms with Gasteiger partial charge in [-0.05, 0) is 19.1 Å². The van der Waals surface area contributed by atoms with Crippen LogP contribution in [0.25, 0.3) is 10.9 Å². The first-order valence-corrected chi connectivity index (χ1v) is 7.83. The molecule has 0 fully saturated rings. The van der Waals surface area contributed by atoms with E-state index < -0.39 is 11.8 Å². The van der Waals surface area contributed by atoms with Gasteiger partial charge in [-0.3, -0.25) is 0 Å². The molecule has 0 saturated carbocycles. The van der Waals surface area contributed by atoms with E-state index in [1.807, 2.05) is 0 Å². The van der Waals surface area contributed by atoms with Gasteiger partial charge >= 0.3 is 5.97 Å². The molecular weight excluding hydrogens is 365 g/mol. The lowest BCUT2D eigenvalue weighted by Crippen LogP contribution is -2.14. The minimum absolute atomic E-state index is 0.00566. The van der Waals surface area contributed by atoms with Crippen molar-refractivity contribution in [2.24, 2.45) is 0 Å². The zero-order chi connectivity index (χ0) is 15.6. The Morgan fingerprint density at radius 3 is 2.76 bits per heavy atom. The lowest BCUT2D eigenvalue weighted by molar-refractivity contribution is 0.0511. The molecule has 0 bridgehead atoms. The van der Waals surface area contributed by atoms with Gasteiger partial charge in [-0.25, -0.2) is 9.18 Å². The van der Waals surface area contributed by atoms with Gasteiger partial charge in [-0.2, -0.15) is 0 Å². The highest BCUT2D eigenvalue weighted by Crippen LogP contribution is 2.36. The van der Waals surface area contributed by atoms with Gasteiger partial charge in [0.2, 0.25) is 0 Å². The first kappa shape index (κ1) is 16.1. The van der Waals surface area contributed by atoms with Crippen LogP contribution in [0, 0.1) is 5.82 Å². The second-order valence-electron chi connectivity index (χ2n) is 4.23. The van der Waals surface area contributed by atoms with Gasteiger partial charge in [0.1, 0.15) is 5.82 Å². The maximum Gasteiger partial charge on any atom is 0.358 e. The number of hydrogen-bond acceptors (Lipinski definition) is 3. The lowest BCUT2D eigenvalue weighted by Gasteiger charge is -2.09. The molecule has 0 aliphatic heterocycles. The van der Waals surface area contributed by atoms with Gasteiger partial charge in [0.15, 0.2) is 11.4 Å². The molecule has 0 N–H and O–H groups in total. The predicted octanol–water partition coefficient (Wildman–Crippen LogP) is 4.01. The van der Waals surface area contributed by atoms with Crippen LogP contribution in [0.3, 0.4) is 0 Å². The molecule has 0 unspecified atom stereocenters. The third-order valence-corrected chi connectivity index (χ3v) is 3.68. The van der Waals surface area contributed by atoms with Gasteiger partial charge in [0.25, 0.3) is 0 Å². The summed E-state index contributed by atoms with van der Waals surface area (Å²) in [6, 6.07) is 2.75. The van der Waals surface area contributed by atoms with Crippen LogP contribution < -0.4 is 4.74 Å². The van der Waals surface area contributed by atoms with Crippen LogP contribution in [-0.2, 0) is 11.3 Å². The number of rotatable bonds is 5. The number of carbonyl (C=O) groups is 1. The van der Waals surface area contributed by atoms with Crippen LogP contribution in [0.5, 0.6) is 5.75 Å². The number of nitrogens with zero attached hydrogens (tertiary/aromatic N) is 1. The summed E-state index contributed by atoms with van der Waals surface area (Å²) in [6.07, 6.45) is 0. The fraction of sp³-hybridized carbons (Fsp3) is 0.357. The zero-order valence-corrected chi connectivity index (χ0v) is 13.9. The molecule has 114 valence electrons. The number of ether oxygens (including phenoxy) is 2. The summed E-state index contributed by atoms with van der Waals surface area (Å²) in [7, 11) is 1.43. The number of halogens is 3. The molecule has 0 saturated heterocycles. The Hall–Kier alpha value is -1.27. The number of methoxy groups -OCH3 is 1. The maximum absolute atomic E-state index is 13.7. The number of hydrogen-bond donors (Lipinski definition) is 0. The highest BCUT2D eigenvalue weighted by Gasteiger charge is 2.25. The Balaban J connectivity index is 2.80. The van der Waals surface area contributed by atoms with E-state index in [2.05, 4.69) is 15.9 Å². The topological polar surface area (TPSA) is 40.5 Å². The molecular formula is C14H14BrClFNO3. The van der Waals surface area contributed by atoms with Crippen molar-refractivity contribution in [3.63, 3.8) is 0 Å². The fourth-order valence-electron chi connectivity index (χ4n) is 2.24. The van der Waals surface area contributed by atoms with Gasteiger partial charge in [-0.1, -0.05) is 27.5 Å². The summed E-state index contributed by atoms with van der Waals surface area (Å²) >= 11 is 9.19. The van der Waals surface area contributed by atoms with E-state index in [9.17, 15) is 9.18 Å². The quantitative estimate of drug-likeness (QED) is 0.583. The van der Waals surface area contributed by atoms with E-state index in [-0.39, 0.29) is 17.3 Å². The Bertz CT molecular complexity index is 687. The molecule has 0 radical (unpaired) electrons. The molecule has 0 atom stereocenters. The minimum atomic E-state index is -0.561. The maximum atomic E-state index is 13.7. The summed E-state index contributed by atoms with van der Waals surface area (Å²) in [5.74, 6) is -0.781. The third kappa shape index (κ3) is 2.87. The number of carbonyl (C=O) groups excluding carboxylic acids is 1. The molecule has 2 rings (SSSR count). The SMILES string of the molecule is CCOC(=O)c1c(OC)c2cc(F)c(Cl)cc2n1CCBr. The van der Waals surface area contributed by atoms with E-state index >= 15 is 0 Å². The summed E-state index contributed by atoms with van der Waals surface area (Å²) < 4.78 is 25.8. The molecule has 1 aromatic carbocycles. The van der Waals surface area contributed by atoms with Crippen LogP contribution in [0.1, 0.15) is 17.4 Å². The predicted molar refractivity (Wildman–Crippen MR) is 83.2 cm³/mol. The molecule has 0 aliphatic rings. The van der Waals surface area contributed by atoms with Crippen LogP contribution in [-0.4, -0.2) is 29.6 Å². The molecule has 4 nitrogen and oxygen atoms in total. The van der Waals surface area contributed by atoms with Crippen molar-refractivity contribution in [3.05, 3.63) is 28.7 Å². The van der Waals surface area contributed by atoms with Crippen molar-refractivity contribution < 1.29 is 18.7 Å². The highest BCUT2D eigenvalue weighted by atomic mass is 79.9. The highest BCUT2D eigenvalue weighted by molar-refractivity contribution is 9.09. The number of aromatic nitrogens is 1. The van der Waals surface area contributed by atoms with Crippen molar-refractivity contribution in [3.8, 4) is 5.75 Å². The van der Waals surface area contributed by atoms with E-state index in [0.29, 0.717) is 28.5 Å². The average Bonchev–Trinajstić information content (AvgIpc) is 2.74. The number of fused-ring (bicyclic) bond motifs is 1. The molecule has 0 amide bonds. The summed E-state index contributed by atoms with van der Waals surface area (Å²) in [6.45, 7) is 2.46. The van der Waals surface area contributed by atoms with Crippen molar-refractivity contribution in [2.75, 3.05) is 19.0 Å². The summed E-state index contributed by atoms with van der Waals surface area (Å²) in [5.41, 5.74) is 0.885. The van der Waals surface area contributed by atoms with Crippen molar-refractivity contribution in [1.29, 1.82) is 0 Å². The Labute approximate surface area is 134 Å². The van der Waals surface area contributed by atoms with Crippen molar-refractivity contribution in [1.82, 2.24) is 4.57 Å². The number of aryl methyl sites for hydroxylation is 1. The van der Waals surface area contributed by atoms with Gasteiger partial charge < -0.3 is 14.0 Å². The van der Waals surface area contributed by atoms with Crippen LogP contribution in [0.15, 0.2) is 12.1 Å². The Kier molecular flexibility index (Phi) is 5.11. The van der Waals surface area contributed by atoms with E-state index in [1.165, 1.54) is 19.2 Å². The molecule has 0 spiro atoms. The normalized spacial score (nSPS) is 10.9. The smallest absolute Gasteiger partial charge is 0.358 e. The standard InChI is InChI=1S/C14H14BrClFNO3/c1-3-21-14(19)12-13(20-2)8-6-10(17)9(16)7-11(8)18(12)5-4-15/h6-7H,3-5H2,1-2H3. The Morgan fingerprint density at radius 1 is 1.48 bits per heavy atom. The minimum Gasteiger partial charge on any atom is -0.494 e. The van der Waals surface area contributed by atoms with Crippen LogP contribution in [0.2, 0.25) is 5.02 Å². The van der Waals surface area contributed by atoms with Gasteiger partial charge in [-0.15, -0.1) is 0 Å². The molecule has 1 aromatic heterocycles. The summed E-state index contributed by atoms with van der Waals surface area (Å²) in [5, 5.41) is 1.10. The van der Waals surface area contributed by atoms with Crippen LogP contribution >= 0.6 is 27.5 Å². The number of alkyl halides is 1. The molecule has 7 heteroatoms. The lowest BCUT2D eigenvalue weighted by atomic mass is 10.2. The van der Waals surface area contributed by atoms with E-state index in [0.717, 1.165) is 0 Å². The van der Waals surface area contributed by atoms with E-state index in [4.69, 9.17) is 21.1 Å². The molecule has 21 heavy (non-hydrogen) atoms. The van der Waals surface area contributed by atoms with Gasteiger partial charge in [0.05, 0.1) is 24.3 Å². The number of benzene rings is 1. The van der Waals surface area contributed by atoms with Crippen molar-refractivity contribution in [2.45, 2.75) is 13.5 Å². The molecule has 1 heterocycles. The average molecular weight is 379 g/mol. The largest absolute Gasteiger partial charge is 0.494 e. The first-order chi connectivity index (χ1) is 10.0. The molecule has 0 aliphatic carbocycles.